The molecule has 0 aromatic heterocycles. The number of nitrogens with zero attached hydrogens (tertiary/aromatic N) is 1. The van der Waals surface area contributed by atoms with Crippen LogP contribution in [0.25, 0.3) is 0 Å². The van der Waals surface area contributed by atoms with Crippen molar-refractivity contribution >= 4 is 17.3 Å². The predicted molar refractivity (Wildman–Crippen MR) is 79.6 cm³/mol. The van der Waals surface area contributed by atoms with Crippen LogP contribution in [0, 0.1) is 0 Å². The van der Waals surface area contributed by atoms with Crippen LogP contribution >= 0.6 is 11.6 Å². The van der Waals surface area contributed by atoms with Gasteiger partial charge in [0, 0.05) is 28.8 Å². The van der Waals surface area contributed by atoms with E-state index in [1.165, 1.54) is 24.1 Å². The third-order valence-corrected chi connectivity index (χ3v) is 4.42. The number of nitrogens with one attached hydrogen (secondary N) is 1. The van der Waals surface area contributed by atoms with E-state index >= 15 is 0 Å². The molecule has 100 valence electrons. The summed E-state index contributed by atoms with van der Waals surface area (Å²) < 4.78 is 0. The third-order valence-electron chi connectivity index (χ3n) is 4.10. The first-order valence-corrected chi connectivity index (χ1v) is 7.08. The van der Waals surface area contributed by atoms with Gasteiger partial charge in [-0.3, -0.25) is 0 Å². The summed E-state index contributed by atoms with van der Waals surface area (Å²) in [6, 6.07) is 6.74. The lowest BCUT2D eigenvalue weighted by Gasteiger charge is -2.34. The maximum absolute atomic E-state index is 6.41. The Labute approximate surface area is 115 Å². The molecule has 0 radical (unpaired) electrons. The molecule has 1 heterocycles. The van der Waals surface area contributed by atoms with Crippen LogP contribution in [-0.4, -0.2) is 19.1 Å². The van der Waals surface area contributed by atoms with E-state index in [9.17, 15) is 0 Å². The minimum Gasteiger partial charge on any atom is -0.366 e. The van der Waals surface area contributed by atoms with Crippen LogP contribution in [-0.2, 0) is 0 Å². The van der Waals surface area contributed by atoms with Gasteiger partial charge in [0.2, 0.25) is 0 Å². The zero-order chi connectivity index (χ0) is 13.3. The summed E-state index contributed by atoms with van der Waals surface area (Å²) in [4.78, 5) is 2.46. The first kappa shape index (κ1) is 13.7. The lowest BCUT2D eigenvalue weighted by Crippen LogP contribution is -2.38. The predicted octanol–water partition coefficient (Wildman–Crippen LogP) is 4.00. The zero-order valence-corrected chi connectivity index (χ0v) is 12.5. The van der Waals surface area contributed by atoms with Crippen LogP contribution in [0.2, 0.25) is 5.02 Å². The Morgan fingerprint density at radius 2 is 2.11 bits per heavy atom. The quantitative estimate of drug-likeness (QED) is 0.890. The minimum atomic E-state index is 0.249. The van der Waals surface area contributed by atoms with Crippen molar-refractivity contribution in [1.29, 1.82) is 0 Å². The van der Waals surface area contributed by atoms with Crippen LogP contribution in [0.15, 0.2) is 18.2 Å². The first-order chi connectivity index (χ1) is 8.45. The van der Waals surface area contributed by atoms with Crippen LogP contribution in [0.1, 0.15) is 45.2 Å². The molecule has 1 unspecified atom stereocenters. The molecule has 0 spiro atoms. The van der Waals surface area contributed by atoms with Gasteiger partial charge in [0.05, 0.1) is 0 Å². The molecule has 1 fully saturated rings. The van der Waals surface area contributed by atoms with Gasteiger partial charge in [-0.2, -0.15) is 0 Å². The van der Waals surface area contributed by atoms with Gasteiger partial charge in [0.25, 0.3) is 0 Å². The first-order valence-electron chi connectivity index (χ1n) is 6.70. The molecule has 2 nitrogen and oxygen atoms in total. The zero-order valence-electron chi connectivity index (χ0n) is 11.8. The highest BCUT2D eigenvalue weighted by molar-refractivity contribution is 6.31. The number of hydrogen-bond donors (Lipinski definition) is 1. The molecule has 1 aliphatic heterocycles. The SMILES string of the molecule is CNC(C)c1ccc(N2CCCC2(C)C)cc1Cl. The van der Waals surface area contributed by atoms with Crippen molar-refractivity contribution in [1.82, 2.24) is 5.32 Å². The van der Waals surface area contributed by atoms with Crippen molar-refractivity contribution in [3.05, 3.63) is 28.8 Å². The summed E-state index contributed by atoms with van der Waals surface area (Å²) >= 11 is 6.41. The Kier molecular flexibility index (Phi) is 3.88. The molecule has 0 bridgehead atoms. The van der Waals surface area contributed by atoms with Gasteiger partial charge in [-0.1, -0.05) is 17.7 Å². The summed E-state index contributed by atoms with van der Waals surface area (Å²) in [5.41, 5.74) is 2.66. The summed E-state index contributed by atoms with van der Waals surface area (Å²) in [6.45, 7) is 7.86. The van der Waals surface area contributed by atoms with E-state index in [0.29, 0.717) is 0 Å². The summed E-state index contributed by atoms with van der Waals surface area (Å²) in [5.74, 6) is 0. The average Bonchev–Trinajstić information content (AvgIpc) is 2.68. The normalized spacial score (nSPS) is 20.2. The molecule has 0 saturated carbocycles. The van der Waals surface area contributed by atoms with Gasteiger partial charge in [-0.25, -0.2) is 0 Å². The Hall–Kier alpha value is -0.730. The topological polar surface area (TPSA) is 15.3 Å². The van der Waals surface area contributed by atoms with Crippen molar-refractivity contribution in [3.63, 3.8) is 0 Å². The molecule has 18 heavy (non-hydrogen) atoms. The van der Waals surface area contributed by atoms with Gasteiger partial charge < -0.3 is 10.2 Å². The second-order valence-corrected chi connectivity index (χ2v) is 6.19. The lowest BCUT2D eigenvalue weighted by atomic mass is 10.0. The Bertz CT molecular complexity index is 429. The van der Waals surface area contributed by atoms with E-state index in [2.05, 4.69) is 49.2 Å². The summed E-state index contributed by atoms with van der Waals surface area (Å²) in [7, 11) is 1.96. The van der Waals surface area contributed by atoms with E-state index in [0.717, 1.165) is 11.6 Å². The van der Waals surface area contributed by atoms with E-state index in [1.54, 1.807) is 0 Å². The fourth-order valence-electron chi connectivity index (χ4n) is 2.78. The van der Waals surface area contributed by atoms with E-state index in [4.69, 9.17) is 11.6 Å². The fraction of sp³-hybridized carbons (Fsp3) is 0.600. The molecule has 1 aromatic carbocycles. The second-order valence-electron chi connectivity index (χ2n) is 5.78. The van der Waals surface area contributed by atoms with Crippen molar-refractivity contribution in [2.45, 2.75) is 45.2 Å². The minimum absolute atomic E-state index is 0.249. The van der Waals surface area contributed by atoms with E-state index < -0.39 is 0 Å². The van der Waals surface area contributed by atoms with Crippen molar-refractivity contribution < 1.29 is 0 Å². The number of rotatable bonds is 3. The largest absolute Gasteiger partial charge is 0.366 e. The van der Waals surface area contributed by atoms with Gasteiger partial charge >= 0.3 is 0 Å². The molecule has 1 saturated heterocycles. The molecule has 1 N–H and O–H groups in total. The Balaban J connectivity index is 2.29. The van der Waals surface area contributed by atoms with Crippen molar-refractivity contribution in [2.75, 3.05) is 18.5 Å². The summed E-state index contributed by atoms with van der Waals surface area (Å²) in [5, 5.41) is 4.09. The molecular formula is C15H23ClN2. The van der Waals surface area contributed by atoms with Gasteiger partial charge in [-0.05, 0) is 58.4 Å². The van der Waals surface area contributed by atoms with Crippen LogP contribution in [0.5, 0.6) is 0 Å². The highest BCUT2D eigenvalue weighted by atomic mass is 35.5. The molecule has 1 aliphatic rings. The Morgan fingerprint density at radius 3 is 2.61 bits per heavy atom. The van der Waals surface area contributed by atoms with Gasteiger partial charge in [0.15, 0.2) is 0 Å². The standard InChI is InChI=1S/C15H23ClN2/c1-11(17-4)13-7-6-12(10-14(13)16)18-9-5-8-15(18,2)3/h6-7,10-11,17H,5,8-9H2,1-4H3. The number of anilines is 1. The highest BCUT2D eigenvalue weighted by Gasteiger charge is 2.32. The monoisotopic (exact) mass is 266 g/mol. The fourth-order valence-corrected chi connectivity index (χ4v) is 3.12. The molecule has 1 atom stereocenters. The van der Waals surface area contributed by atoms with Gasteiger partial charge in [-0.15, -0.1) is 0 Å². The summed E-state index contributed by atoms with van der Waals surface area (Å²) in [6.07, 6.45) is 2.51. The highest BCUT2D eigenvalue weighted by Crippen LogP contribution is 2.36. The molecule has 0 aliphatic carbocycles. The maximum atomic E-state index is 6.41. The number of hydrogen-bond acceptors (Lipinski definition) is 2. The maximum Gasteiger partial charge on any atom is 0.0474 e. The van der Waals surface area contributed by atoms with E-state index in [1.807, 2.05) is 7.05 Å². The van der Waals surface area contributed by atoms with Crippen molar-refractivity contribution in [3.8, 4) is 0 Å². The second kappa shape index (κ2) is 5.10. The number of halogens is 1. The van der Waals surface area contributed by atoms with Gasteiger partial charge in [0.1, 0.15) is 0 Å². The van der Waals surface area contributed by atoms with E-state index in [-0.39, 0.29) is 11.6 Å². The molecule has 3 heteroatoms. The average molecular weight is 267 g/mol. The van der Waals surface area contributed by atoms with Crippen LogP contribution in [0.4, 0.5) is 5.69 Å². The smallest absolute Gasteiger partial charge is 0.0474 e. The molecule has 0 amide bonds. The van der Waals surface area contributed by atoms with Crippen LogP contribution in [0.3, 0.4) is 0 Å². The molecule has 2 rings (SSSR count). The van der Waals surface area contributed by atoms with Crippen molar-refractivity contribution in [2.24, 2.45) is 0 Å². The lowest BCUT2D eigenvalue weighted by molar-refractivity contribution is 0.518. The van der Waals surface area contributed by atoms with Crippen LogP contribution < -0.4 is 10.2 Å². The Morgan fingerprint density at radius 1 is 1.39 bits per heavy atom. The number of benzene rings is 1. The molecule has 1 aromatic rings. The molecular weight excluding hydrogens is 244 g/mol. The third kappa shape index (κ3) is 2.50.